The van der Waals surface area contributed by atoms with E-state index in [0.717, 1.165) is 18.7 Å². The van der Waals surface area contributed by atoms with Gasteiger partial charge in [0, 0.05) is 12.1 Å². The van der Waals surface area contributed by atoms with E-state index in [0.29, 0.717) is 12.1 Å². The van der Waals surface area contributed by atoms with E-state index in [1.54, 1.807) is 25.3 Å². The molecule has 0 aliphatic heterocycles. The van der Waals surface area contributed by atoms with Crippen LogP contribution in [0.25, 0.3) is 0 Å². The van der Waals surface area contributed by atoms with Gasteiger partial charge in [-0.05, 0) is 36.7 Å². The molecular formula is C16H17ClFNO. The van der Waals surface area contributed by atoms with Gasteiger partial charge in [0.1, 0.15) is 11.6 Å². The molecule has 0 unspecified atom stereocenters. The molecule has 0 aliphatic carbocycles. The summed E-state index contributed by atoms with van der Waals surface area (Å²) in [5, 5.41) is 3.38. The summed E-state index contributed by atoms with van der Waals surface area (Å²) in [6, 6.07) is 13.0. The van der Waals surface area contributed by atoms with E-state index in [1.807, 2.05) is 24.3 Å². The van der Waals surface area contributed by atoms with Gasteiger partial charge in [0.15, 0.2) is 0 Å². The van der Waals surface area contributed by atoms with Crippen molar-refractivity contribution < 1.29 is 9.13 Å². The van der Waals surface area contributed by atoms with E-state index >= 15 is 0 Å². The summed E-state index contributed by atoms with van der Waals surface area (Å²) < 4.78 is 18.8. The number of methoxy groups -OCH3 is 1. The van der Waals surface area contributed by atoms with Crippen LogP contribution in [-0.4, -0.2) is 13.7 Å². The lowest BCUT2D eigenvalue weighted by Gasteiger charge is -2.07. The Hall–Kier alpha value is -1.58. The van der Waals surface area contributed by atoms with Gasteiger partial charge < -0.3 is 10.1 Å². The van der Waals surface area contributed by atoms with Crippen molar-refractivity contribution in [2.24, 2.45) is 0 Å². The molecule has 0 spiro atoms. The number of ether oxygens (including phenoxy) is 1. The Bertz CT molecular complexity index is 557. The molecule has 4 heteroatoms. The Labute approximate surface area is 123 Å². The van der Waals surface area contributed by atoms with Crippen LogP contribution >= 0.6 is 11.6 Å². The van der Waals surface area contributed by atoms with E-state index in [1.165, 1.54) is 5.56 Å². The maximum Gasteiger partial charge on any atom is 0.146 e. The molecule has 106 valence electrons. The second kappa shape index (κ2) is 7.27. The molecule has 20 heavy (non-hydrogen) atoms. The van der Waals surface area contributed by atoms with Crippen molar-refractivity contribution in [1.82, 2.24) is 5.32 Å². The smallest absolute Gasteiger partial charge is 0.146 e. The van der Waals surface area contributed by atoms with Crippen molar-refractivity contribution in [1.29, 1.82) is 0 Å². The summed E-state index contributed by atoms with van der Waals surface area (Å²) in [5.74, 6) is 0.508. The van der Waals surface area contributed by atoms with Gasteiger partial charge in [-0.1, -0.05) is 35.9 Å². The Balaban J connectivity index is 1.80. The summed E-state index contributed by atoms with van der Waals surface area (Å²) in [7, 11) is 1.65. The van der Waals surface area contributed by atoms with Gasteiger partial charge in [0.2, 0.25) is 0 Å². The zero-order valence-electron chi connectivity index (χ0n) is 11.3. The van der Waals surface area contributed by atoms with E-state index in [9.17, 15) is 4.39 Å². The Morgan fingerprint density at radius 2 is 1.90 bits per heavy atom. The highest BCUT2D eigenvalue weighted by Gasteiger charge is 2.05. The number of benzene rings is 2. The molecule has 0 fully saturated rings. The maximum atomic E-state index is 13.6. The van der Waals surface area contributed by atoms with Crippen molar-refractivity contribution >= 4 is 11.6 Å². The van der Waals surface area contributed by atoms with E-state index < -0.39 is 0 Å². The average molecular weight is 294 g/mol. The second-order valence-electron chi connectivity index (χ2n) is 4.49. The number of halogens is 2. The molecule has 0 saturated heterocycles. The van der Waals surface area contributed by atoms with Crippen molar-refractivity contribution in [2.45, 2.75) is 13.0 Å². The van der Waals surface area contributed by atoms with Crippen LogP contribution in [0.3, 0.4) is 0 Å². The lowest BCUT2D eigenvalue weighted by Crippen LogP contribution is -2.17. The minimum Gasteiger partial charge on any atom is -0.497 e. The fourth-order valence-corrected chi connectivity index (χ4v) is 2.13. The van der Waals surface area contributed by atoms with Gasteiger partial charge in [0.05, 0.1) is 12.1 Å². The molecule has 1 N–H and O–H groups in total. The first kappa shape index (κ1) is 14.8. The quantitative estimate of drug-likeness (QED) is 0.818. The number of hydrogen-bond acceptors (Lipinski definition) is 2. The number of hydrogen-bond donors (Lipinski definition) is 1. The standard InChI is InChI=1S/C16H17ClFNO/c1-20-14-7-5-12(6-8-14)9-10-19-11-13-3-2-4-15(17)16(13)18/h2-8,19H,9-11H2,1H3. The molecule has 0 aromatic heterocycles. The van der Waals surface area contributed by atoms with Crippen molar-refractivity contribution in [2.75, 3.05) is 13.7 Å². The largest absolute Gasteiger partial charge is 0.497 e. The molecule has 0 aliphatic rings. The molecule has 0 radical (unpaired) electrons. The summed E-state index contributed by atoms with van der Waals surface area (Å²) in [6.45, 7) is 1.25. The lowest BCUT2D eigenvalue weighted by atomic mass is 10.1. The molecule has 0 atom stereocenters. The molecule has 2 aromatic carbocycles. The first-order chi connectivity index (χ1) is 9.70. The van der Waals surface area contributed by atoms with E-state index in [4.69, 9.17) is 16.3 Å². The summed E-state index contributed by atoms with van der Waals surface area (Å²) in [6.07, 6.45) is 0.881. The first-order valence-corrected chi connectivity index (χ1v) is 6.85. The van der Waals surface area contributed by atoms with Crippen molar-refractivity contribution in [3.63, 3.8) is 0 Å². The zero-order chi connectivity index (χ0) is 14.4. The Morgan fingerprint density at radius 3 is 2.60 bits per heavy atom. The van der Waals surface area contributed by atoms with Crippen molar-refractivity contribution in [3.8, 4) is 5.75 Å². The topological polar surface area (TPSA) is 21.3 Å². The third-order valence-corrected chi connectivity index (χ3v) is 3.39. The molecule has 0 saturated carbocycles. The Morgan fingerprint density at radius 1 is 1.15 bits per heavy atom. The normalized spacial score (nSPS) is 10.6. The van der Waals surface area contributed by atoms with Crippen LogP contribution < -0.4 is 10.1 Å². The maximum absolute atomic E-state index is 13.6. The van der Waals surface area contributed by atoms with Crippen molar-refractivity contribution in [3.05, 3.63) is 64.4 Å². The molecule has 2 aromatic rings. The highest BCUT2D eigenvalue weighted by molar-refractivity contribution is 6.30. The SMILES string of the molecule is COc1ccc(CCNCc2cccc(Cl)c2F)cc1. The van der Waals surface area contributed by atoms with E-state index in [-0.39, 0.29) is 10.8 Å². The van der Waals surface area contributed by atoms with Gasteiger partial charge in [-0.3, -0.25) is 0 Å². The zero-order valence-corrected chi connectivity index (χ0v) is 12.1. The number of nitrogens with one attached hydrogen (secondary N) is 1. The van der Waals surface area contributed by atoms with Gasteiger partial charge in [-0.2, -0.15) is 0 Å². The van der Waals surface area contributed by atoms with Gasteiger partial charge in [0.25, 0.3) is 0 Å². The first-order valence-electron chi connectivity index (χ1n) is 6.47. The summed E-state index contributed by atoms with van der Waals surface area (Å²) in [4.78, 5) is 0. The highest BCUT2D eigenvalue weighted by Crippen LogP contribution is 2.17. The predicted octanol–water partition coefficient (Wildman–Crippen LogP) is 3.82. The fraction of sp³-hybridized carbons (Fsp3) is 0.250. The van der Waals surface area contributed by atoms with Crippen LogP contribution in [0.15, 0.2) is 42.5 Å². The highest BCUT2D eigenvalue weighted by atomic mass is 35.5. The fourth-order valence-electron chi connectivity index (χ4n) is 1.93. The molecule has 0 heterocycles. The monoisotopic (exact) mass is 293 g/mol. The third-order valence-electron chi connectivity index (χ3n) is 3.10. The third kappa shape index (κ3) is 3.95. The second-order valence-corrected chi connectivity index (χ2v) is 4.89. The molecule has 0 amide bonds. The summed E-state index contributed by atoms with van der Waals surface area (Å²) in [5.41, 5.74) is 1.80. The van der Waals surface area contributed by atoms with Crippen LogP contribution in [-0.2, 0) is 13.0 Å². The predicted molar refractivity (Wildman–Crippen MR) is 79.8 cm³/mol. The molecule has 2 nitrogen and oxygen atoms in total. The number of rotatable bonds is 6. The van der Waals surface area contributed by atoms with E-state index in [2.05, 4.69) is 5.32 Å². The van der Waals surface area contributed by atoms with Gasteiger partial charge in [-0.25, -0.2) is 4.39 Å². The lowest BCUT2D eigenvalue weighted by molar-refractivity contribution is 0.414. The average Bonchev–Trinajstić information content (AvgIpc) is 2.48. The summed E-state index contributed by atoms with van der Waals surface area (Å²) >= 11 is 5.74. The van der Waals surface area contributed by atoms with Gasteiger partial charge >= 0.3 is 0 Å². The minimum absolute atomic E-state index is 0.166. The van der Waals surface area contributed by atoms with Crippen LogP contribution in [0, 0.1) is 5.82 Å². The molecular weight excluding hydrogens is 277 g/mol. The van der Waals surface area contributed by atoms with Crippen LogP contribution in [0.5, 0.6) is 5.75 Å². The van der Waals surface area contributed by atoms with Crippen LogP contribution in [0.1, 0.15) is 11.1 Å². The van der Waals surface area contributed by atoms with Gasteiger partial charge in [-0.15, -0.1) is 0 Å². The van der Waals surface area contributed by atoms with Crippen LogP contribution in [0.2, 0.25) is 5.02 Å². The molecule has 2 rings (SSSR count). The Kier molecular flexibility index (Phi) is 5.39. The molecule has 0 bridgehead atoms. The minimum atomic E-state index is -0.342. The van der Waals surface area contributed by atoms with Crippen LogP contribution in [0.4, 0.5) is 4.39 Å².